The maximum Gasteiger partial charge on any atom is 0.289 e. The number of amides is 1. The van der Waals surface area contributed by atoms with Gasteiger partial charge in [0.1, 0.15) is 5.76 Å². The molecule has 0 aromatic carbocycles. The minimum Gasteiger partial charge on any atom is -0.454 e. The lowest BCUT2D eigenvalue weighted by atomic mass is 9.71. The van der Waals surface area contributed by atoms with Crippen LogP contribution in [0.1, 0.15) is 42.0 Å². The Balaban J connectivity index is 1.37. The summed E-state index contributed by atoms with van der Waals surface area (Å²) in [6.45, 7) is 4.46. The van der Waals surface area contributed by atoms with Crippen LogP contribution in [0.25, 0.3) is 0 Å². The molecule has 0 saturated carbocycles. The molecule has 2 aliphatic rings. The molecule has 1 spiro atoms. The van der Waals surface area contributed by atoms with Crippen LogP contribution in [0.5, 0.6) is 0 Å². The summed E-state index contributed by atoms with van der Waals surface area (Å²) in [6.07, 6.45) is 8.32. The first-order chi connectivity index (χ1) is 11.7. The van der Waals surface area contributed by atoms with E-state index in [4.69, 9.17) is 4.42 Å². The molecule has 0 radical (unpaired) electrons. The minimum atomic E-state index is 0.0190. The first-order valence-electron chi connectivity index (χ1n) is 8.80. The Morgan fingerprint density at radius 2 is 2.00 bits per heavy atom. The third-order valence-electron chi connectivity index (χ3n) is 5.52. The predicted octanol–water partition coefficient (Wildman–Crippen LogP) is 2.13. The molecule has 2 aliphatic heterocycles. The monoisotopic (exact) mass is 328 g/mol. The number of furan rings is 1. The largest absolute Gasteiger partial charge is 0.454 e. The summed E-state index contributed by atoms with van der Waals surface area (Å²) in [5.41, 5.74) is 0.455. The van der Waals surface area contributed by atoms with Crippen LogP contribution < -0.4 is 5.32 Å². The molecule has 0 bridgehead atoms. The third-order valence-corrected chi connectivity index (χ3v) is 5.52. The van der Waals surface area contributed by atoms with Crippen LogP contribution in [-0.4, -0.2) is 46.8 Å². The number of carbonyl (C=O) groups excluding carboxylic acids is 1. The van der Waals surface area contributed by atoms with Crippen molar-refractivity contribution in [3.8, 4) is 0 Å². The van der Waals surface area contributed by atoms with Crippen molar-refractivity contribution in [2.45, 2.75) is 32.2 Å². The van der Waals surface area contributed by atoms with Crippen molar-refractivity contribution in [1.29, 1.82) is 0 Å². The number of aromatic nitrogens is 2. The predicted molar refractivity (Wildman–Crippen MR) is 89.7 cm³/mol. The van der Waals surface area contributed by atoms with E-state index < -0.39 is 0 Å². The molecule has 2 saturated heterocycles. The first kappa shape index (κ1) is 15.4. The molecule has 2 aromatic rings. The van der Waals surface area contributed by atoms with Gasteiger partial charge in [0, 0.05) is 25.5 Å². The van der Waals surface area contributed by atoms with E-state index in [9.17, 15) is 4.79 Å². The number of likely N-dealkylation sites (tertiary alicyclic amines) is 1. The summed E-state index contributed by atoms with van der Waals surface area (Å²) < 4.78 is 7.53. The molecule has 2 aromatic heterocycles. The summed E-state index contributed by atoms with van der Waals surface area (Å²) in [6, 6.07) is 5.53. The van der Waals surface area contributed by atoms with Gasteiger partial charge < -0.3 is 14.6 Å². The van der Waals surface area contributed by atoms with Gasteiger partial charge in [-0.1, -0.05) is 0 Å². The molecule has 6 heteroatoms. The van der Waals surface area contributed by atoms with Crippen molar-refractivity contribution in [2.75, 3.05) is 26.2 Å². The summed E-state index contributed by atoms with van der Waals surface area (Å²) >= 11 is 0. The van der Waals surface area contributed by atoms with Crippen molar-refractivity contribution in [1.82, 2.24) is 20.0 Å². The van der Waals surface area contributed by atoms with Crippen LogP contribution in [0.3, 0.4) is 0 Å². The molecule has 1 N–H and O–H groups in total. The zero-order valence-electron chi connectivity index (χ0n) is 13.9. The molecule has 24 heavy (non-hydrogen) atoms. The SMILES string of the molecule is O=C(c1ccc(Cn2cccn2)o1)N1CCC2(CCNCC2)CC1. The fourth-order valence-electron chi connectivity index (χ4n) is 3.93. The second kappa shape index (κ2) is 6.43. The summed E-state index contributed by atoms with van der Waals surface area (Å²) in [5, 5.41) is 7.59. The van der Waals surface area contributed by atoms with Gasteiger partial charge in [-0.25, -0.2) is 0 Å². The smallest absolute Gasteiger partial charge is 0.289 e. The Morgan fingerprint density at radius 3 is 2.71 bits per heavy atom. The normalized spacial score (nSPS) is 20.4. The van der Waals surface area contributed by atoms with Gasteiger partial charge in [-0.2, -0.15) is 5.10 Å². The Morgan fingerprint density at radius 1 is 1.21 bits per heavy atom. The van der Waals surface area contributed by atoms with E-state index in [0.29, 0.717) is 17.7 Å². The number of rotatable bonds is 3. The van der Waals surface area contributed by atoms with Crippen molar-refractivity contribution >= 4 is 5.91 Å². The van der Waals surface area contributed by atoms with Crippen LogP contribution in [0.15, 0.2) is 35.0 Å². The molecule has 6 nitrogen and oxygen atoms in total. The summed E-state index contributed by atoms with van der Waals surface area (Å²) in [4.78, 5) is 14.6. The average Bonchev–Trinajstić information content (AvgIpc) is 3.28. The van der Waals surface area contributed by atoms with Gasteiger partial charge in [-0.3, -0.25) is 9.48 Å². The molecule has 0 unspecified atom stereocenters. The van der Waals surface area contributed by atoms with Crippen molar-refractivity contribution in [3.63, 3.8) is 0 Å². The van der Waals surface area contributed by atoms with Gasteiger partial charge in [0.15, 0.2) is 5.76 Å². The fourth-order valence-corrected chi connectivity index (χ4v) is 3.93. The minimum absolute atomic E-state index is 0.0190. The highest BCUT2D eigenvalue weighted by atomic mass is 16.4. The zero-order chi connectivity index (χ0) is 16.4. The molecule has 1 amide bonds. The summed E-state index contributed by atoms with van der Waals surface area (Å²) in [7, 11) is 0. The van der Waals surface area contributed by atoms with E-state index in [-0.39, 0.29) is 5.91 Å². The van der Waals surface area contributed by atoms with E-state index >= 15 is 0 Å². The van der Waals surface area contributed by atoms with E-state index in [1.54, 1.807) is 16.9 Å². The number of hydrogen-bond donors (Lipinski definition) is 1. The molecule has 0 atom stereocenters. The quantitative estimate of drug-likeness (QED) is 0.937. The highest BCUT2D eigenvalue weighted by Crippen LogP contribution is 2.39. The molecule has 0 aliphatic carbocycles. The number of carbonyl (C=O) groups is 1. The van der Waals surface area contributed by atoms with Gasteiger partial charge in [-0.05, 0) is 62.4 Å². The van der Waals surface area contributed by atoms with Crippen LogP contribution in [0.4, 0.5) is 0 Å². The number of nitrogens with one attached hydrogen (secondary N) is 1. The zero-order valence-corrected chi connectivity index (χ0v) is 13.9. The van der Waals surface area contributed by atoms with Crippen LogP contribution in [0, 0.1) is 5.41 Å². The number of hydrogen-bond acceptors (Lipinski definition) is 4. The summed E-state index contributed by atoms with van der Waals surface area (Å²) in [5.74, 6) is 1.22. The van der Waals surface area contributed by atoms with Gasteiger partial charge in [0.25, 0.3) is 5.91 Å². The third kappa shape index (κ3) is 3.11. The van der Waals surface area contributed by atoms with E-state index in [1.807, 2.05) is 23.2 Å². The Kier molecular flexibility index (Phi) is 4.14. The standard InChI is InChI=1S/C18H24N4O2/c23-17(16-3-2-15(24-16)14-22-11-1-8-20-22)21-12-6-18(7-13-21)4-9-19-10-5-18/h1-3,8,11,19H,4-7,9-10,12-14H2. The van der Waals surface area contributed by atoms with Crippen LogP contribution in [0.2, 0.25) is 0 Å². The second-order valence-corrected chi connectivity index (χ2v) is 7.01. The van der Waals surface area contributed by atoms with E-state index in [1.165, 1.54) is 12.8 Å². The molecule has 4 rings (SSSR count). The molecule has 128 valence electrons. The van der Waals surface area contributed by atoms with Crippen LogP contribution >= 0.6 is 0 Å². The molecule has 4 heterocycles. The van der Waals surface area contributed by atoms with E-state index in [2.05, 4.69) is 10.4 Å². The van der Waals surface area contributed by atoms with Gasteiger partial charge >= 0.3 is 0 Å². The van der Waals surface area contributed by atoms with Gasteiger partial charge in [0.2, 0.25) is 0 Å². The first-order valence-corrected chi connectivity index (χ1v) is 8.80. The highest BCUT2D eigenvalue weighted by Gasteiger charge is 2.37. The van der Waals surface area contributed by atoms with E-state index in [0.717, 1.165) is 44.8 Å². The molecular formula is C18H24N4O2. The second-order valence-electron chi connectivity index (χ2n) is 7.01. The van der Waals surface area contributed by atoms with Gasteiger partial charge in [0.05, 0.1) is 6.54 Å². The highest BCUT2D eigenvalue weighted by molar-refractivity contribution is 5.91. The fraction of sp³-hybridized carbons (Fsp3) is 0.556. The Bertz CT molecular complexity index is 676. The van der Waals surface area contributed by atoms with Crippen molar-refractivity contribution in [3.05, 3.63) is 42.1 Å². The topological polar surface area (TPSA) is 63.3 Å². The van der Waals surface area contributed by atoms with Gasteiger partial charge in [-0.15, -0.1) is 0 Å². The number of piperidine rings is 2. The van der Waals surface area contributed by atoms with Crippen molar-refractivity contribution in [2.24, 2.45) is 5.41 Å². The number of nitrogens with zero attached hydrogens (tertiary/aromatic N) is 3. The maximum absolute atomic E-state index is 12.7. The van der Waals surface area contributed by atoms with Crippen molar-refractivity contribution < 1.29 is 9.21 Å². The Hall–Kier alpha value is -2.08. The molecular weight excluding hydrogens is 304 g/mol. The Labute approximate surface area is 141 Å². The lowest BCUT2D eigenvalue weighted by Crippen LogP contribution is -2.47. The lowest BCUT2D eigenvalue weighted by molar-refractivity contribution is 0.0468. The molecule has 2 fully saturated rings. The lowest BCUT2D eigenvalue weighted by Gasteiger charge is -2.44. The van der Waals surface area contributed by atoms with Crippen LogP contribution in [-0.2, 0) is 6.54 Å². The average molecular weight is 328 g/mol. The maximum atomic E-state index is 12.7.